The first kappa shape index (κ1) is 40.8. The van der Waals surface area contributed by atoms with Crippen LogP contribution in [-0.2, 0) is 35.6 Å². The first-order valence-electron chi connectivity index (χ1n) is 20.5. The van der Waals surface area contributed by atoms with Crippen LogP contribution in [0, 0.1) is 17.8 Å². The van der Waals surface area contributed by atoms with E-state index in [1.165, 1.54) is 4.90 Å². The van der Waals surface area contributed by atoms with E-state index in [2.05, 4.69) is 22.3 Å². The van der Waals surface area contributed by atoms with Gasteiger partial charge in [-0.25, -0.2) is 13.2 Å². The van der Waals surface area contributed by atoms with E-state index in [4.69, 9.17) is 19.2 Å². The predicted octanol–water partition coefficient (Wildman–Crippen LogP) is 5.08. The number of carbonyl (C=O) groups excluding carboxylic acids is 4. The molecule has 2 aromatic rings. The Balaban J connectivity index is 1.24. The van der Waals surface area contributed by atoms with Crippen molar-refractivity contribution in [1.82, 2.24) is 25.2 Å². The molecule has 3 aliphatic heterocycles. The number of alkyl carbamates (subject to hydrolysis) is 1. The molecule has 15 heteroatoms. The molecule has 57 heavy (non-hydrogen) atoms. The lowest BCUT2D eigenvalue weighted by atomic mass is 9.88. The molecule has 4 heterocycles. The van der Waals surface area contributed by atoms with Gasteiger partial charge in [0.2, 0.25) is 33.6 Å². The zero-order valence-corrected chi connectivity index (χ0v) is 34.7. The summed E-state index contributed by atoms with van der Waals surface area (Å²) in [5.74, 6) is -1.71. The molecule has 14 nitrogen and oxygen atoms in total. The quantitative estimate of drug-likeness (QED) is 0.320. The summed E-state index contributed by atoms with van der Waals surface area (Å²) in [5.41, 5.74) is -1.35. The zero-order valence-electron chi connectivity index (χ0n) is 33.9. The van der Waals surface area contributed by atoms with E-state index in [1.54, 1.807) is 27.7 Å². The fourth-order valence-corrected chi connectivity index (χ4v) is 10.5. The monoisotopic (exact) mass is 807 g/mol. The Bertz CT molecular complexity index is 2060. The van der Waals surface area contributed by atoms with Gasteiger partial charge >= 0.3 is 6.09 Å². The van der Waals surface area contributed by atoms with Crippen molar-refractivity contribution in [2.45, 2.75) is 140 Å². The molecular formula is C42H57N5O9S. The number of fused-ring (bicyclic) bond motifs is 5. The Hall–Kier alpha value is -4.40. The highest BCUT2D eigenvalue weighted by atomic mass is 32.2. The molecule has 1 aromatic carbocycles. The number of aromatic nitrogens is 1. The second-order valence-corrected chi connectivity index (χ2v) is 19.9. The van der Waals surface area contributed by atoms with Crippen molar-refractivity contribution in [3.8, 4) is 11.8 Å². The van der Waals surface area contributed by atoms with Gasteiger partial charge < -0.3 is 29.7 Å². The molecule has 4 amide bonds. The summed E-state index contributed by atoms with van der Waals surface area (Å²) in [7, 11) is -4.01. The molecule has 7 rings (SSSR count). The van der Waals surface area contributed by atoms with Gasteiger partial charge in [-0.3, -0.25) is 19.1 Å². The van der Waals surface area contributed by atoms with Crippen molar-refractivity contribution in [2.24, 2.45) is 17.8 Å². The highest BCUT2D eigenvalue weighted by molar-refractivity contribution is 7.91. The van der Waals surface area contributed by atoms with Crippen LogP contribution in [0.5, 0.6) is 11.8 Å². The van der Waals surface area contributed by atoms with Gasteiger partial charge in [-0.1, -0.05) is 51.1 Å². The number of amides is 4. The lowest BCUT2D eigenvalue weighted by molar-refractivity contribution is -0.142. The topological polar surface area (TPSA) is 182 Å². The van der Waals surface area contributed by atoms with E-state index < -0.39 is 73.8 Å². The van der Waals surface area contributed by atoms with Gasteiger partial charge in [0.1, 0.15) is 29.3 Å². The van der Waals surface area contributed by atoms with E-state index in [1.807, 2.05) is 43.3 Å². The minimum atomic E-state index is -4.01. The molecule has 1 aromatic heterocycles. The van der Waals surface area contributed by atoms with Gasteiger partial charge in [-0.05, 0) is 102 Å². The molecule has 3 N–H and O–H groups in total. The Morgan fingerprint density at radius 3 is 2.54 bits per heavy atom. The maximum absolute atomic E-state index is 14.9. The maximum atomic E-state index is 14.9. The third-order valence-electron chi connectivity index (χ3n) is 12.4. The van der Waals surface area contributed by atoms with Crippen LogP contribution >= 0.6 is 0 Å². The van der Waals surface area contributed by atoms with Crippen molar-refractivity contribution in [1.29, 1.82) is 0 Å². The molecule has 2 saturated carbocycles. The molecule has 5 aliphatic rings. The molecule has 0 radical (unpaired) electrons. The van der Waals surface area contributed by atoms with Crippen molar-refractivity contribution in [3.05, 3.63) is 42.0 Å². The third kappa shape index (κ3) is 8.31. The van der Waals surface area contributed by atoms with Crippen LogP contribution in [0.3, 0.4) is 0 Å². The third-order valence-corrected chi connectivity index (χ3v) is 14.7. The highest BCUT2D eigenvalue weighted by Gasteiger charge is 2.63. The molecule has 7 atom stereocenters. The van der Waals surface area contributed by atoms with Crippen LogP contribution < -0.4 is 24.8 Å². The van der Waals surface area contributed by atoms with E-state index >= 15 is 0 Å². The molecule has 310 valence electrons. The summed E-state index contributed by atoms with van der Waals surface area (Å²) in [4.78, 5) is 63.1. The highest BCUT2D eigenvalue weighted by Crippen LogP contribution is 2.49. The summed E-state index contributed by atoms with van der Waals surface area (Å²) < 4.78 is 46.4. The van der Waals surface area contributed by atoms with Crippen LogP contribution in [0.4, 0.5) is 4.79 Å². The Morgan fingerprint density at radius 2 is 1.84 bits per heavy atom. The largest absolute Gasteiger partial charge is 0.477 e. The number of benzene rings is 1. The van der Waals surface area contributed by atoms with Crippen molar-refractivity contribution >= 4 is 44.6 Å². The Kier molecular flexibility index (Phi) is 11.0. The zero-order chi connectivity index (χ0) is 40.9. The summed E-state index contributed by atoms with van der Waals surface area (Å²) in [6.45, 7) is 11.5. The minimum absolute atomic E-state index is 0.0183. The van der Waals surface area contributed by atoms with Crippen LogP contribution in [0.15, 0.2) is 36.4 Å². The number of pyridine rings is 1. The fourth-order valence-electron chi connectivity index (χ4n) is 8.82. The van der Waals surface area contributed by atoms with Crippen molar-refractivity contribution in [2.75, 3.05) is 13.2 Å². The van der Waals surface area contributed by atoms with Gasteiger partial charge in [0, 0.05) is 23.3 Å². The smallest absolute Gasteiger partial charge is 0.408 e. The van der Waals surface area contributed by atoms with Crippen molar-refractivity contribution in [3.63, 3.8) is 0 Å². The molecule has 1 unspecified atom stereocenters. The predicted molar refractivity (Wildman–Crippen MR) is 213 cm³/mol. The number of aryl methyl sites for hydroxylation is 1. The maximum Gasteiger partial charge on any atom is 0.408 e. The Labute approximate surface area is 335 Å². The summed E-state index contributed by atoms with van der Waals surface area (Å²) in [6.07, 6.45) is 7.67. The summed E-state index contributed by atoms with van der Waals surface area (Å²) >= 11 is 0. The summed E-state index contributed by atoms with van der Waals surface area (Å²) in [5, 5.41) is 7.50. The second kappa shape index (κ2) is 15.4. The number of allylic oxidation sites excluding steroid dienone is 1. The number of rotatable bonds is 7. The van der Waals surface area contributed by atoms with E-state index in [0.717, 1.165) is 35.6 Å². The molecule has 3 fully saturated rings. The van der Waals surface area contributed by atoms with Crippen molar-refractivity contribution < 1.29 is 41.8 Å². The number of hydrogen-bond donors (Lipinski definition) is 3. The number of sulfonamides is 1. The SMILES string of the molecule is CCC1(S(=O)(=O)NC(=O)[C@@]23C[C@H]2/C=C\CC[C@H](C)C[C@@H](C)C(NC(=O)OC(C)(C)C)C(=O)N2C[C@H](Oc4nc5c(c6ccccc46)CCCO5)C[C@H]2C(=O)N3)CC1. The second-order valence-electron chi connectivity index (χ2n) is 17.9. The lowest BCUT2D eigenvalue weighted by Gasteiger charge is -2.33. The van der Waals surface area contributed by atoms with E-state index in [-0.39, 0.29) is 31.2 Å². The number of nitrogens with one attached hydrogen (secondary N) is 3. The van der Waals surface area contributed by atoms with Crippen LogP contribution in [0.1, 0.15) is 105 Å². The number of hydrogen-bond acceptors (Lipinski definition) is 10. The van der Waals surface area contributed by atoms with Gasteiger partial charge in [-0.15, -0.1) is 0 Å². The van der Waals surface area contributed by atoms with Crippen LogP contribution in [0.2, 0.25) is 0 Å². The van der Waals surface area contributed by atoms with Crippen LogP contribution in [-0.4, -0.2) is 89.3 Å². The van der Waals surface area contributed by atoms with Gasteiger partial charge in [0.15, 0.2) is 0 Å². The van der Waals surface area contributed by atoms with Gasteiger partial charge in [0.05, 0.1) is 17.9 Å². The fraction of sp³-hybridized carbons (Fsp3) is 0.643. The van der Waals surface area contributed by atoms with E-state index in [0.29, 0.717) is 50.5 Å². The molecule has 2 aliphatic carbocycles. The van der Waals surface area contributed by atoms with Gasteiger partial charge in [-0.2, -0.15) is 4.98 Å². The number of carbonyl (C=O) groups is 4. The Morgan fingerprint density at radius 1 is 1.11 bits per heavy atom. The van der Waals surface area contributed by atoms with Gasteiger partial charge in [0.25, 0.3) is 5.91 Å². The first-order valence-corrected chi connectivity index (χ1v) is 22.0. The molecule has 1 saturated heterocycles. The molecule has 0 bridgehead atoms. The molecule has 0 spiro atoms. The lowest BCUT2D eigenvalue weighted by Crippen LogP contribution is -2.59. The minimum Gasteiger partial charge on any atom is -0.477 e. The van der Waals surface area contributed by atoms with Crippen LogP contribution in [0.25, 0.3) is 10.8 Å². The van der Waals surface area contributed by atoms with E-state index in [9.17, 15) is 27.6 Å². The summed E-state index contributed by atoms with van der Waals surface area (Å²) in [6, 6.07) is 5.59. The normalized spacial score (nSPS) is 30.5. The first-order chi connectivity index (χ1) is 27.0. The molecular weight excluding hydrogens is 751 g/mol. The number of ether oxygens (including phenoxy) is 3. The average molecular weight is 808 g/mol. The standard InChI is InChI=1S/C42H57N5O9S/c1-7-41(18-19-41)57(52,53)46-38(50)42-23-27(42)14-9-8-13-25(2)21-26(3)33(43-39(51)56-40(4,5)6)37(49)47-24-28(22-32(47)34(48)45-42)55-36-31-16-11-10-15-29(31)30-17-12-20-54-35(30)44-36/h9-11,14-16,25-28,32-33H,7-8,12-13,17-24H2,1-6H3,(H,43,51)(H,45,48)(H,46,50)/b14-9-/t25-,26+,27+,28+,32-,33?,42+/m0/s1. The average Bonchev–Trinajstić information content (AvgIpc) is 4.06. The number of nitrogens with zero attached hydrogens (tertiary/aromatic N) is 2.